The highest BCUT2D eigenvalue weighted by Crippen LogP contribution is 2.45. The van der Waals surface area contributed by atoms with Crippen molar-refractivity contribution in [3.05, 3.63) is 0 Å². The van der Waals surface area contributed by atoms with E-state index in [-0.39, 0.29) is 25.7 Å². The maximum absolute atomic E-state index is 13.1. The van der Waals surface area contributed by atoms with Gasteiger partial charge in [0.15, 0.2) is 12.2 Å². The Kier molecular flexibility index (Phi) is 70.3. The summed E-state index contributed by atoms with van der Waals surface area (Å²) in [6, 6.07) is 0. The van der Waals surface area contributed by atoms with Gasteiger partial charge in [0.2, 0.25) is 0 Å². The third kappa shape index (κ3) is 72.8. The molecule has 3 N–H and O–H groups in total. The number of phosphoric acid groups is 2. The second kappa shape index (κ2) is 71.7. The van der Waals surface area contributed by atoms with E-state index in [0.29, 0.717) is 31.6 Å². The lowest BCUT2D eigenvalue weighted by atomic mass is 9.99. The molecule has 99 heavy (non-hydrogen) atoms. The molecule has 0 radical (unpaired) electrons. The Balaban J connectivity index is 5.20. The Morgan fingerprint density at radius 1 is 0.293 bits per heavy atom. The highest BCUT2D eigenvalue weighted by molar-refractivity contribution is 7.47. The van der Waals surface area contributed by atoms with E-state index in [2.05, 4.69) is 41.5 Å². The van der Waals surface area contributed by atoms with Crippen molar-refractivity contribution in [2.24, 2.45) is 11.8 Å². The minimum absolute atomic E-state index is 0.107. The first-order valence-corrected chi connectivity index (χ1v) is 44.5. The van der Waals surface area contributed by atoms with E-state index >= 15 is 0 Å². The molecule has 0 aliphatic heterocycles. The lowest BCUT2D eigenvalue weighted by molar-refractivity contribution is -0.161. The molecule has 0 heterocycles. The number of ether oxygens (including phenoxy) is 4. The summed E-state index contributed by atoms with van der Waals surface area (Å²) in [5, 5.41) is 10.6. The van der Waals surface area contributed by atoms with E-state index in [0.717, 1.165) is 102 Å². The number of aliphatic hydroxyl groups excluding tert-OH is 1. The largest absolute Gasteiger partial charge is 0.472 e. The monoisotopic (exact) mass is 1450 g/mol. The number of hydrogen-bond acceptors (Lipinski definition) is 15. The van der Waals surface area contributed by atoms with Crippen LogP contribution in [0.2, 0.25) is 0 Å². The Morgan fingerprint density at radius 3 is 0.768 bits per heavy atom. The molecule has 0 aromatic rings. The van der Waals surface area contributed by atoms with Gasteiger partial charge in [0, 0.05) is 25.7 Å². The second-order valence-electron chi connectivity index (χ2n) is 29.5. The van der Waals surface area contributed by atoms with Crippen LogP contribution in [0.4, 0.5) is 0 Å². The van der Waals surface area contributed by atoms with Crippen molar-refractivity contribution in [3.63, 3.8) is 0 Å². The average molecular weight is 1450 g/mol. The molecule has 19 heteroatoms. The number of unbranched alkanes of at least 4 members (excludes halogenated alkanes) is 48. The van der Waals surface area contributed by atoms with Crippen molar-refractivity contribution in [2.75, 3.05) is 39.6 Å². The summed E-state index contributed by atoms with van der Waals surface area (Å²) in [7, 11) is -9.92. The Morgan fingerprint density at radius 2 is 0.515 bits per heavy atom. The molecule has 0 rings (SSSR count). The summed E-state index contributed by atoms with van der Waals surface area (Å²) in [5.74, 6) is -0.534. The van der Waals surface area contributed by atoms with Crippen molar-refractivity contribution in [3.8, 4) is 0 Å². The Bertz CT molecular complexity index is 1910. The first kappa shape index (κ1) is 97.1. The van der Waals surface area contributed by atoms with Gasteiger partial charge in [-0.3, -0.25) is 37.3 Å². The number of hydrogen-bond donors (Lipinski definition) is 3. The molecule has 0 bridgehead atoms. The van der Waals surface area contributed by atoms with Crippen LogP contribution in [-0.4, -0.2) is 96.7 Å². The van der Waals surface area contributed by atoms with Crippen LogP contribution in [0.15, 0.2) is 0 Å². The molecule has 588 valence electrons. The standard InChI is InChI=1S/C80H156O17P2/c1-7-10-12-14-16-18-20-22-27-31-35-38-44-50-56-62-77(82)90-68-75(96-80(85)65-59-53-46-40-36-32-29-26-24-23-25-28-30-33-37-43-49-55-61-73(6)9-3)70-94-98(86,87)92-66-74(81)67-93-99(88,89)95-71-76(69-91-78(83)63-57-51-47-41-42-48-54-60-72(4)5)97-79(84)64-58-52-45-39-34-21-19-17-15-13-11-8-2/h72-76,81H,7-71H2,1-6H3,(H,86,87)(H,88,89)/t73?,74-,75-,76-/m1/s1. The fraction of sp³-hybridized carbons (Fsp3) is 0.950. The van der Waals surface area contributed by atoms with Crippen LogP contribution in [-0.2, 0) is 65.4 Å². The molecule has 0 saturated heterocycles. The van der Waals surface area contributed by atoms with E-state index in [1.807, 2.05) is 0 Å². The molecule has 0 spiro atoms. The van der Waals surface area contributed by atoms with Crippen LogP contribution in [0.1, 0.15) is 420 Å². The zero-order valence-electron chi connectivity index (χ0n) is 64.8. The Hall–Kier alpha value is -1.94. The molecule has 0 fully saturated rings. The van der Waals surface area contributed by atoms with Crippen molar-refractivity contribution in [1.29, 1.82) is 0 Å². The number of esters is 4. The lowest BCUT2D eigenvalue weighted by Gasteiger charge is -2.21. The summed E-state index contributed by atoms with van der Waals surface area (Å²) in [5.41, 5.74) is 0. The zero-order valence-corrected chi connectivity index (χ0v) is 66.6. The van der Waals surface area contributed by atoms with Crippen LogP contribution in [0, 0.1) is 11.8 Å². The fourth-order valence-electron chi connectivity index (χ4n) is 12.3. The van der Waals surface area contributed by atoms with Gasteiger partial charge in [0.25, 0.3) is 0 Å². The molecule has 0 aliphatic rings. The number of aliphatic hydroxyl groups is 1. The minimum atomic E-state index is -4.96. The predicted molar refractivity (Wildman–Crippen MR) is 405 cm³/mol. The van der Waals surface area contributed by atoms with Crippen LogP contribution >= 0.6 is 15.6 Å². The number of carbonyl (C=O) groups excluding carboxylic acids is 4. The number of phosphoric ester groups is 2. The molecule has 17 nitrogen and oxygen atoms in total. The van der Waals surface area contributed by atoms with Crippen molar-refractivity contribution in [1.82, 2.24) is 0 Å². The van der Waals surface area contributed by atoms with Gasteiger partial charge in [-0.05, 0) is 37.5 Å². The fourth-order valence-corrected chi connectivity index (χ4v) is 13.9. The molecule has 6 atom stereocenters. The maximum atomic E-state index is 13.1. The van der Waals surface area contributed by atoms with Gasteiger partial charge < -0.3 is 33.8 Å². The minimum Gasteiger partial charge on any atom is -0.462 e. The van der Waals surface area contributed by atoms with Gasteiger partial charge >= 0.3 is 39.5 Å². The number of rotatable bonds is 79. The molecule has 0 saturated carbocycles. The van der Waals surface area contributed by atoms with Gasteiger partial charge in [0.05, 0.1) is 26.4 Å². The van der Waals surface area contributed by atoms with E-state index < -0.39 is 97.5 Å². The van der Waals surface area contributed by atoms with Crippen molar-refractivity contribution >= 4 is 39.5 Å². The number of carbonyl (C=O) groups is 4. The van der Waals surface area contributed by atoms with Crippen LogP contribution in [0.25, 0.3) is 0 Å². The lowest BCUT2D eigenvalue weighted by Crippen LogP contribution is -2.30. The maximum Gasteiger partial charge on any atom is 0.472 e. The van der Waals surface area contributed by atoms with E-state index in [4.69, 9.17) is 37.0 Å². The molecular formula is C80H156O17P2. The summed E-state index contributed by atoms with van der Waals surface area (Å²) < 4.78 is 68.6. The highest BCUT2D eigenvalue weighted by atomic mass is 31.2. The quantitative estimate of drug-likeness (QED) is 0.0222. The summed E-state index contributed by atoms with van der Waals surface area (Å²) in [4.78, 5) is 72.9. The van der Waals surface area contributed by atoms with Gasteiger partial charge in [-0.2, -0.15) is 0 Å². The first-order valence-electron chi connectivity index (χ1n) is 41.5. The predicted octanol–water partition coefficient (Wildman–Crippen LogP) is 23.9. The average Bonchev–Trinajstić information content (AvgIpc) is 0.957. The summed E-state index contributed by atoms with van der Waals surface area (Å²) in [6.07, 6.45) is 61.1. The highest BCUT2D eigenvalue weighted by Gasteiger charge is 2.30. The van der Waals surface area contributed by atoms with Crippen LogP contribution < -0.4 is 0 Å². The third-order valence-electron chi connectivity index (χ3n) is 19.1. The van der Waals surface area contributed by atoms with Gasteiger partial charge in [-0.15, -0.1) is 0 Å². The molecule has 0 aromatic carbocycles. The topological polar surface area (TPSA) is 237 Å². The second-order valence-corrected chi connectivity index (χ2v) is 32.4. The van der Waals surface area contributed by atoms with Gasteiger partial charge in [0.1, 0.15) is 19.3 Å². The molecule has 0 aliphatic carbocycles. The van der Waals surface area contributed by atoms with Gasteiger partial charge in [-0.1, -0.05) is 369 Å². The molecular weight excluding hydrogens is 1290 g/mol. The smallest absolute Gasteiger partial charge is 0.462 e. The van der Waals surface area contributed by atoms with Crippen LogP contribution in [0.5, 0.6) is 0 Å². The van der Waals surface area contributed by atoms with Crippen molar-refractivity contribution < 1.29 is 80.2 Å². The SMILES string of the molecule is CCCCCCCCCCCCCCCCCC(=O)OC[C@H](COP(=O)(O)OC[C@@H](O)COP(=O)(O)OC[C@@H](COC(=O)CCCCCCCCCC(C)C)OC(=O)CCCCCCCCCCCCCC)OC(=O)CCCCCCCCCCCCCCCCCCCCC(C)CC. The van der Waals surface area contributed by atoms with Gasteiger partial charge in [-0.25, -0.2) is 9.13 Å². The van der Waals surface area contributed by atoms with Crippen LogP contribution in [0.3, 0.4) is 0 Å². The molecule has 3 unspecified atom stereocenters. The van der Waals surface area contributed by atoms with E-state index in [1.54, 1.807) is 0 Å². The normalized spacial score (nSPS) is 14.2. The van der Waals surface area contributed by atoms with E-state index in [1.165, 1.54) is 231 Å². The summed E-state index contributed by atoms with van der Waals surface area (Å²) >= 11 is 0. The Labute approximate surface area is 607 Å². The first-order chi connectivity index (χ1) is 47.9. The van der Waals surface area contributed by atoms with E-state index in [9.17, 15) is 43.2 Å². The zero-order chi connectivity index (χ0) is 72.8. The van der Waals surface area contributed by atoms with Crippen molar-refractivity contribution in [2.45, 2.75) is 439 Å². The molecule has 0 amide bonds. The third-order valence-corrected chi connectivity index (χ3v) is 21.0. The summed E-state index contributed by atoms with van der Waals surface area (Å²) in [6.45, 7) is 9.64. The molecule has 0 aromatic heterocycles.